The van der Waals surface area contributed by atoms with Gasteiger partial charge in [0.15, 0.2) is 6.35 Å². The highest BCUT2D eigenvalue weighted by Gasteiger charge is 2.50. The molecule has 3 saturated heterocycles. The highest BCUT2D eigenvalue weighted by atomic mass is 32.2. The van der Waals surface area contributed by atoms with E-state index in [4.69, 9.17) is 4.74 Å². The first-order valence-corrected chi connectivity index (χ1v) is 16.5. The van der Waals surface area contributed by atoms with Gasteiger partial charge in [0.1, 0.15) is 0 Å². The summed E-state index contributed by atoms with van der Waals surface area (Å²) in [6.07, 6.45) is 8.70. The number of carbonyl (C=O) groups excluding carboxylic acids is 1. The van der Waals surface area contributed by atoms with Gasteiger partial charge >= 0.3 is 0 Å². The predicted octanol–water partition coefficient (Wildman–Crippen LogP) is 3.22. The number of hydrogen-bond acceptors (Lipinski definition) is 8. The Bertz CT molecular complexity index is 1170. The lowest BCUT2D eigenvalue weighted by molar-refractivity contribution is -0.135. The first kappa shape index (κ1) is 29.2. The van der Waals surface area contributed by atoms with Crippen LogP contribution in [0.15, 0.2) is 30.9 Å². The fourth-order valence-electron chi connectivity index (χ4n) is 8.04. The number of piperazine rings is 1. The monoisotopic (exact) mass is 578 g/mol. The number of likely N-dealkylation sites (tertiary alicyclic amines) is 1. The van der Waals surface area contributed by atoms with E-state index in [1.54, 1.807) is 0 Å². The van der Waals surface area contributed by atoms with Crippen molar-refractivity contribution < 1.29 is 9.53 Å². The van der Waals surface area contributed by atoms with Crippen LogP contribution in [0.3, 0.4) is 0 Å². The normalized spacial score (nSPS) is 36.0. The zero-order valence-electron chi connectivity index (χ0n) is 24.7. The molecule has 1 amide bonds. The number of hydrogen-bond donors (Lipinski definition) is 2. The van der Waals surface area contributed by atoms with Crippen molar-refractivity contribution in [2.45, 2.75) is 93.0 Å². The molecule has 2 N–H and O–H groups in total. The standard InChI is InChI=1S/C32H46N6O2S/c1-4-29(39)38-15-14-37(19-25(38)10-12-33)30-27-9-11-32(17-24-16-22(2)7-8-23(24)21-41-32)18-28(27)34-31(35-30)40-20-26-6-5-13-36(26)3/h4,7-8,16,25-28,30-31,34-35H,1,5-6,9-11,13-15,17-21H2,2-3H3/t25?,26?,27?,28?,30?,31?,32-/m0/s1. The summed E-state index contributed by atoms with van der Waals surface area (Å²) < 4.78 is 6.83. The summed E-state index contributed by atoms with van der Waals surface area (Å²) in [7, 11) is 2.20. The van der Waals surface area contributed by atoms with Crippen LogP contribution in [-0.4, -0.2) is 95.8 Å². The van der Waals surface area contributed by atoms with Crippen LogP contribution in [0, 0.1) is 24.2 Å². The molecule has 1 aliphatic carbocycles. The predicted molar refractivity (Wildman–Crippen MR) is 163 cm³/mol. The molecule has 8 nitrogen and oxygen atoms in total. The topological polar surface area (TPSA) is 83.9 Å². The Balaban J connectivity index is 1.21. The summed E-state index contributed by atoms with van der Waals surface area (Å²) in [5.74, 6) is 1.46. The minimum atomic E-state index is -0.212. The van der Waals surface area contributed by atoms with Crippen molar-refractivity contribution in [1.82, 2.24) is 25.3 Å². The molecule has 1 saturated carbocycles. The minimum absolute atomic E-state index is 0.0765. The van der Waals surface area contributed by atoms with E-state index in [-0.39, 0.29) is 29.2 Å². The van der Waals surface area contributed by atoms with E-state index in [0.717, 1.165) is 44.7 Å². The van der Waals surface area contributed by atoms with Crippen LogP contribution in [0.25, 0.3) is 0 Å². The van der Waals surface area contributed by atoms with E-state index in [2.05, 4.69) is 77.0 Å². The smallest absolute Gasteiger partial charge is 0.246 e. The maximum absolute atomic E-state index is 12.6. The van der Waals surface area contributed by atoms with Crippen LogP contribution in [0.5, 0.6) is 0 Å². The van der Waals surface area contributed by atoms with Crippen molar-refractivity contribution in [2.75, 3.05) is 39.8 Å². The van der Waals surface area contributed by atoms with Gasteiger partial charge in [-0.1, -0.05) is 30.3 Å². The Morgan fingerprint density at radius 3 is 2.90 bits per heavy atom. The number of amides is 1. The van der Waals surface area contributed by atoms with Gasteiger partial charge in [0.05, 0.1) is 31.3 Å². The van der Waals surface area contributed by atoms with Gasteiger partial charge in [0.25, 0.3) is 0 Å². The van der Waals surface area contributed by atoms with Crippen LogP contribution < -0.4 is 10.6 Å². The molecule has 0 bridgehead atoms. The first-order valence-electron chi connectivity index (χ1n) is 15.5. The maximum atomic E-state index is 12.6. The van der Waals surface area contributed by atoms with E-state index in [9.17, 15) is 10.1 Å². The number of ether oxygens (including phenoxy) is 1. The van der Waals surface area contributed by atoms with Crippen LogP contribution in [0.1, 0.15) is 55.2 Å². The van der Waals surface area contributed by atoms with Gasteiger partial charge in [-0.3, -0.25) is 20.3 Å². The Morgan fingerprint density at radius 1 is 1.24 bits per heavy atom. The lowest BCUT2D eigenvalue weighted by Crippen LogP contribution is -2.73. The van der Waals surface area contributed by atoms with Crippen molar-refractivity contribution in [3.05, 3.63) is 47.5 Å². The molecule has 222 valence electrons. The van der Waals surface area contributed by atoms with Gasteiger partial charge in [-0.25, -0.2) is 0 Å². The minimum Gasteiger partial charge on any atom is -0.348 e. The molecule has 4 aliphatic heterocycles. The van der Waals surface area contributed by atoms with Gasteiger partial charge in [0.2, 0.25) is 5.91 Å². The van der Waals surface area contributed by atoms with E-state index in [0.29, 0.717) is 37.5 Å². The molecule has 7 atom stereocenters. The van der Waals surface area contributed by atoms with Gasteiger partial charge in [-0.15, -0.1) is 11.8 Å². The zero-order chi connectivity index (χ0) is 28.6. The average molecular weight is 579 g/mol. The third kappa shape index (κ3) is 6.11. The van der Waals surface area contributed by atoms with E-state index < -0.39 is 0 Å². The molecule has 1 aromatic carbocycles. The molecular formula is C32H46N6O2S. The molecule has 1 aromatic rings. The van der Waals surface area contributed by atoms with E-state index in [1.807, 2.05) is 4.90 Å². The van der Waals surface area contributed by atoms with E-state index in [1.165, 1.54) is 42.0 Å². The number of carbonyl (C=O) groups is 1. The van der Waals surface area contributed by atoms with Gasteiger partial charge in [-0.2, -0.15) is 5.26 Å². The lowest BCUT2D eigenvalue weighted by Gasteiger charge is -2.56. The SMILES string of the molecule is C=CC(=O)N1CCN(C2NC(OCC3CCCN3C)NC3C[C@]4(CCC32)Cc2cc(C)ccc2CS4)CC1CC#N. The number of nitrogens with zero attached hydrogens (tertiary/aromatic N) is 4. The van der Waals surface area contributed by atoms with Crippen molar-refractivity contribution in [3.8, 4) is 6.07 Å². The molecule has 5 aliphatic rings. The van der Waals surface area contributed by atoms with Crippen LogP contribution in [0.4, 0.5) is 0 Å². The molecule has 0 radical (unpaired) electrons. The quantitative estimate of drug-likeness (QED) is 0.498. The second-order valence-corrected chi connectivity index (χ2v) is 14.4. The van der Waals surface area contributed by atoms with E-state index >= 15 is 0 Å². The number of nitriles is 1. The summed E-state index contributed by atoms with van der Waals surface area (Å²) in [6.45, 7) is 9.85. The fraction of sp³-hybridized carbons (Fsp3) is 0.688. The molecule has 4 heterocycles. The molecular weight excluding hydrogens is 532 g/mol. The molecule has 41 heavy (non-hydrogen) atoms. The second kappa shape index (κ2) is 12.4. The van der Waals surface area contributed by atoms with Crippen LogP contribution >= 0.6 is 11.8 Å². The molecule has 6 rings (SSSR count). The first-order chi connectivity index (χ1) is 19.9. The van der Waals surface area contributed by atoms with Crippen molar-refractivity contribution in [3.63, 3.8) is 0 Å². The van der Waals surface area contributed by atoms with Gasteiger partial charge < -0.3 is 14.5 Å². The third-order valence-corrected chi connectivity index (χ3v) is 11.9. The zero-order valence-corrected chi connectivity index (χ0v) is 25.5. The Morgan fingerprint density at radius 2 is 2.12 bits per heavy atom. The summed E-state index contributed by atoms with van der Waals surface area (Å²) in [4.78, 5) is 19.3. The number of nitrogens with one attached hydrogen (secondary N) is 2. The molecule has 4 fully saturated rings. The highest BCUT2D eigenvalue weighted by Crippen LogP contribution is 2.50. The number of likely N-dealkylation sites (N-methyl/N-ethyl adjacent to an activating group) is 1. The summed E-state index contributed by atoms with van der Waals surface area (Å²) in [5.41, 5.74) is 4.39. The maximum Gasteiger partial charge on any atom is 0.246 e. The molecule has 9 heteroatoms. The average Bonchev–Trinajstić information content (AvgIpc) is 3.39. The fourth-order valence-corrected chi connectivity index (χ4v) is 9.60. The number of aryl methyl sites for hydroxylation is 1. The Kier molecular flexibility index (Phi) is 8.79. The lowest BCUT2D eigenvalue weighted by atomic mass is 9.72. The summed E-state index contributed by atoms with van der Waals surface area (Å²) in [5, 5.41) is 17.3. The molecule has 6 unspecified atom stereocenters. The van der Waals surface area contributed by atoms with Gasteiger partial charge in [-0.05, 0) is 76.2 Å². The highest BCUT2D eigenvalue weighted by molar-refractivity contribution is 8.00. The Labute approximate surface area is 249 Å². The van der Waals surface area contributed by atoms with Crippen molar-refractivity contribution in [1.29, 1.82) is 5.26 Å². The largest absolute Gasteiger partial charge is 0.348 e. The van der Waals surface area contributed by atoms with Crippen molar-refractivity contribution in [2.24, 2.45) is 5.92 Å². The van der Waals surface area contributed by atoms with Crippen molar-refractivity contribution >= 4 is 17.7 Å². The van der Waals surface area contributed by atoms with Gasteiger partial charge in [0, 0.05) is 48.1 Å². The number of fused-ring (bicyclic) bond motifs is 2. The molecule has 0 aromatic heterocycles. The number of rotatable bonds is 6. The third-order valence-electron chi connectivity index (χ3n) is 10.4. The second-order valence-electron chi connectivity index (χ2n) is 12.9. The number of benzene rings is 1. The summed E-state index contributed by atoms with van der Waals surface area (Å²) in [6, 6.07) is 10.0. The molecule has 1 spiro atoms. The summed E-state index contributed by atoms with van der Waals surface area (Å²) >= 11 is 2.16. The van der Waals surface area contributed by atoms with Crippen LogP contribution in [-0.2, 0) is 21.7 Å². The number of thioether (sulfide) groups is 1. The van der Waals surface area contributed by atoms with Crippen LogP contribution in [0.2, 0.25) is 0 Å². The Hall–Kier alpha value is -1.93.